The smallest absolute Gasteiger partial charge is 0.166 e. The Labute approximate surface area is 187 Å². The van der Waals surface area contributed by atoms with Crippen LogP contribution in [0.2, 0.25) is 0 Å². The second-order valence-corrected chi connectivity index (χ2v) is 10.1. The molecule has 2 aliphatic carbocycles. The molecule has 0 saturated heterocycles. The van der Waals surface area contributed by atoms with E-state index in [1.807, 2.05) is 0 Å². The molecule has 0 heterocycles. The lowest BCUT2D eigenvalue weighted by Crippen LogP contribution is -2.25. The first kappa shape index (κ1) is 24.4. The van der Waals surface area contributed by atoms with E-state index in [4.69, 9.17) is 0 Å². The molecule has 174 valence electrons. The van der Waals surface area contributed by atoms with Gasteiger partial charge >= 0.3 is 6.18 Å². The molecule has 0 aromatic heterocycles. The van der Waals surface area contributed by atoms with Crippen LogP contribution < -0.4 is 0 Å². The van der Waals surface area contributed by atoms with Crippen molar-refractivity contribution in [3.8, 4) is 0 Å². The predicted molar refractivity (Wildman–Crippen MR) is 124 cm³/mol. The average molecular weight is 435 g/mol. The molecule has 0 atom stereocenters. The molecular weight excluding hydrogens is 393 g/mol. The molecule has 0 radical (unpaired) electrons. The van der Waals surface area contributed by atoms with Crippen LogP contribution >= 0.6 is 0 Å². The summed E-state index contributed by atoms with van der Waals surface area (Å²) in [6, 6.07) is 5.61. The van der Waals surface area contributed by atoms with Gasteiger partial charge in [0, 0.05) is 0 Å². The first-order valence-electron chi connectivity index (χ1n) is 12.8. The van der Waals surface area contributed by atoms with Crippen LogP contribution in [0.3, 0.4) is 0 Å². The highest BCUT2D eigenvalue weighted by Crippen LogP contribution is 2.42. The summed E-state index contributed by atoms with van der Waals surface area (Å²) in [6.45, 7) is 2.29. The van der Waals surface area contributed by atoms with Crippen molar-refractivity contribution in [3.63, 3.8) is 0 Å². The monoisotopic (exact) mass is 434 g/mol. The summed E-state index contributed by atoms with van der Waals surface area (Å²) in [5.74, 6) is 3.64. The Morgan fingerprint density at radius 2 is 1.45 bits per heavy atom. The van der Waals surface area contributed by atoms with Crippen LogP contribution in [0.15, 0.2) is 36.4 Å². The SMILES string of the molecule is CCCCC[C@H]1CC[C@H]([C@H]2CC[C@H](C=CCCc3ccc(C(F)(F)F)cc3)CC2)CC1. The fourth-order valence-corrected chi connectivity index (χ4v) is 5.84. The van der Waals surface area contributed by atoms with Crippen molar-refractivity contribution in [3.05, 3.63) is 47.5 Å². The van der Waals surface area contributed by atoms with Gasteiger partial charge < -0.3 is 0 Å². The third-order valence-corrected chi connectivity index (χ3v) is 7.88. The average Bonchev–Trinajstić information content (AvgIpc) is 2.78. The van der Waals surface area contributed by atoms with Gasteiger partial charge in [0.2, 0.25) is 0 Å². The van der Waals surface area contributed by atoms with E-state index in [9.17, 15) is 13.2 Å². The molecule has 2 aliphatic rings. The fourth-order valence-electron chi connectivity index (χ4n) is 5.84. The van der Waals surface area contributed by atoms with Crippen LogP contribution in [0.5, 0.6) is 0 Å². The number of unbranched alkanes of at least 4 members (excludes halogenated alkanes) is 2. The molecule has 3 heteroatoms. The predicted octanol–water partition coefficient (Wildman–Crippen LogP) is 9.39. The minimum atomic E-state index is -4.24. The molecule has 0 amide bonds. The van der Waals surface area contributed by atoms with E-state index in [2.05, 4.69) is 19.1 Å². The van der Waals surface area contributed by atoms with Crippen molar-refractivity contribution in [1.29, 1.82) is 0 Å². The van der Waals surface area contributed by atoms with Crippen LogP contribution in [-0.2, 0) is 12.6 Å². The Bertz CT molecular complexity index is 642. The Morgan fingerprint density at radius 3 is 2.03 bits per heavy atom. The van der Waals surface area contributed by atoms with Crippen LogP contribution in [0.4, 0.5) is 13.2 Å². The minimum Gasteiger partial charge on any atom is -0.166 e. The molecule has 0 nitrogen and oxygen atoms in total. The summed E-state index contributed by atoms with van der Waals surface area (Å²) in [4.78, 5) is 0. The molecule has 1 aromatic rings. The van der Waals surface area contributed by atoms with E-state index in [0.29, 0.717) is 5.92 Å². The van der Waals surface area contributed by atoms with Gasteiger partial charge in [0.25, 0.3) is 0 Å². The maximum Gasteiger partial charge on any atom is 0.416 e. The van der Waals surface area contributed by atoms with Crippen molar-refractivity contribution in [1.82, 2.24) is 0 Å². The highest BCUT2D eigenvalue weighted by molar-refractivity contribution is 5.24. The quantitative estimate of drug-likeness (QED) is 0.268. The number of rotatable bonds is 9. The summed E-state index contributed by atoms with van der Waals surface area (Å²) in [7, 11) is 0. The first-order chi connectivity index (χ1) is 15.0. The molecule has 2 saturated carbocycles. The van der Waals surface area contributed by atoms with Gasteiger partial charge in [-0.3, -0.25) is 0 Å². The highest BCUT2D eigenvalue weighted by atomic mass is 19.4. The highest BCUT2D eigenvalue weighted by Gasteiger charge is 2.31. The minimum absolute atomic E-state index is 0.562. The first-order valence-corrected chi connectivity index (χ1v) is 12.8. The molecule has 3 rings (SSSR count). The Morgan fingerprint density at radius 1 is 0.839 bits per heavy atom. The van der Waals surface area contributed by atoms with Crippen LogP contribution in [-0.4, -0.2) is 0 Å². The summed E-state index contributed by atoms with van der Waals surface area (Å²) in [5.41, 5.74) is 0.417. The number of hydrogen-bond donors (Lipinski definition) is 0. The summed E-state index contributed by atoms with van der Waals surface area (Å²) < 4.78 is 37.9. The van der Waals surface area contributed by atoms with Gasteiger partial charge in [-0.05, 0) is 92.7 Å². The van der Waals surface area contributed by atoms with Gasteiger partial charge in [-0.1, -0.05) is 69.7 Å². The van der Waals surface area contributed by atoms with Gasteiger partial charge in [-0.15, -0.1) is 0 Å². The van der Waals surface area contributed by atoms with Crippen molar-refractivity contribution < 1.29 is 13.2 Å². The van der Waals surface area contributed by atoms with E-state index in [1.165, 1.54) is 89.2 Å². The lowest BCUT2D eigenvalue weighted by Gasteiger charge is -2.37. The van der Waals surface area contributed by atoms with Crippen LogP contribution in [0.1, 0.15) is 102 Å². The van der Waals surface area contributed by atoms with Crippen molar-refractivity contribution >= 4 is 0 Å². The Balaban J connectivity index is 1.31. The zero-order valence-corrected chi connectivity index (χ0v) is 19.3. The summed E-state index contributed by atoms with van der Waals surface area (Å²) >= 11 is 0. The second-order valence-electron chi connectivity index (χ2n) is 10.1. The maximum atomic E-state index is 12.6. The number of benzene rings is 1. The number of allylic oxidation sites excluding steroid dienone is 2. The molecule has 2 fully saturated rings. The van der Waals surface area contributed by atoms with E-state index in [0.717, 1.165) is 36.2 Å². The third kappa shape index (κ3) is 7.99. The normalized spacial score (nSPS) is 27.6. The molecular formula is C28H41F3. The molecule has 0 unspecified atom stereocenters. The Kier molecular flexibility index (Phi) is 9.53. The number of alkyl halides is 3. The zero-order valence-electron chi connectivity index (χ0n) is 19.3. The molecule has 31 heavy (non-hydrogen) atoms. The summed E-state index contributed by atoms with van der Waals surface area (Å²) in [6.07, 6.45) is 19.0. The number of halogens is 3. The van der Waals surface area contributed by atoms with Gasteiger partial charge in [-0.25, -0.2) is 0 Å². The molecule has 0 spiro atoms. The van der Waals surface area contributed by atoms with Gasteiger partial charge in [-0.2, -0.15) is 13.2 Å². The van der Waals surface area contributed by atoms with Crippen molar-refractivity contribution in [2.45, 2.75) is 103 Å². The van der Waals surface area contributed by atoms with E-state index in [-0.39, 0.29) is 0 Å². The van der Waals surface area contributed by atoms with E-state index < -0.39 is 11.7 Å². The van der Waals surface area contributed by atoms with Crippen LogP contribution in [0.25, 0.3) is 0 Å². The maximum absolute atomic E-state index is 12.6. The van der Waals surface area contributed by atoms with Gasteiger partial charge in [0.05, 0.1) is 5.56 Å². The lowest BCUT2D eigenvalue weighted by atomic mass is 9.68. The topological polar surface area (TPSA) is 0 Å². The largest absolute Gasteiger partial charge is 0.416 e. The van der Waals surface area contributed by atoms with E-state index >= 15 is 0 Å². The molecule has 0 bridgehead atoms. The number of aryl methyl sites for hydroxylation is 1. The molecule has 1 aromatic carbocycles. The Hall–Kier alpha value is -1.25. The second kappa shape index (κ2) is 12.1. The third-order valence-electron chi connectivity index (χ3n) is 7.88. The molecule has 0 N–H and O–H groups in total. The molecule has 0 aliphatic heterocycles. The zero-order chi connectivity index (χ0) is 22.1. The van der Waals surface area contributed by atoms with Crippen LogP contribution in [0, 0.1) is 23.7 Å². The summed E-state index contributed by atoms with van der Waals surface area (Å²) in [5, 5.41) is 0. The lowest BCUT2D eigenvalue weighted by molar-refractivity contribution is -0.137. The van der Waals surface area contributed by atoms with Crippen molar-refractivity contribution in [2.24, 2.45) is 23.7 Å². The number of hydrogen-bond acceptors (Lipinski definition) is 0. The van der Waals surface area contributed by atoms with E-state index in [1.54, 1.807) is 12.1 Å². The van der Waals surface area contributed by atoms with Gasteiger partial charge in [0.15, 0.2) is 0 Å². The van der Waals surface area contributed by atoms with Crippen molar-refractivity contribution in [2.75, 3.05) is 0 Å². The standard InChI is InChI=1S/C28H41F3/c1-2-3-4-7-22-10-16-25(17-11-22)26-18-12-23(13-19-26)8-5-6-9-24-14-20-27(21-15-24)28(29,30)31/h5,8,14-15,20-23,25-26H,2-4,6-7,9-13,16-19H2,1H3/t22-,23-,25-,26-. The van der Waals surface area contributed by atoms with Gasteiger partial charge in [0.1, 0.15) is 0 Å². The fraction of sp³-hybridized carbons (Fsp3) is 0.714.